The van der Waals surface area contributed by atoms with Crippen LogP contribution in [0.15, 0.2) is 24.3 Å². The first-order chi connectivity index (χ1) is 13.0. The Morgan fingerprint density at radius 2 is 2.00 bits per heavy atom. The topological polar surface area (TPSA) is 91.0 Å². The zero-order valence-corrected chi connectivity index (χ0v) is 16.4. The number of anilines is 3. The molecule has 0 atom stereocenters. The third-order valence-electron chi connectivity index (χ3n) is 4.31. The van der Waals surface area contributed by atoms with Gasteiger partial charge in [0.2, 0.25) is 5.95 Å². The van der Waals surface area contributed by atoms with E-state index in [1.54, 1.807) is 12.1 Å². The number of amides is 2. The van der Waals surface area contributed by atoms with Gasteiger partial charge >= 0.3 is 6.03 Å². The lowest BCUT2D eigenvalue weighted by molar-refractivity contribution is 0.262. The third-order valence-corrected chi connectivity index (χ3v) is 4.71. The third kappa shape index (κ3) is 5.80. The Morgan fingerprint density at radius 1 is 1.19 bits per heavy atom. The second-order valence-electron chi connectivity index (χ2n) is 6.70. The number of urea groups is 1. The summed E-state index contributed by atoms with van der Waals surface area (Å²) in [7, 11) is 1.93. The van der Waals surface area contributed by atoms with Crippen LogP contribution in [0.5, 0.6) is 0 Å². The molecule has 1 fully saturated rings. The molecule has 0 aliphatic heterocycles. The number of halogens is 1. The van der Waals surface area contributed by atoms with Crippen molar-refractivity contribution >= 4 is 35.1 Å². The first-order valence-electron chi connectivity index (χ1n) is 9.17. The predicted octanol–water partition coefficient (Wildman–Crippen LogP) is 3.98. The van der Waals surface area contributed by atoms with Gasteiger partial charge in [0.25, 0.3) is 0 Å². The number of benzene rings is 1. The first kappa shape index (κ1) is 19.4. The molecular formula is C19H25ClN6O. The molecule has 0 bridgehead atoms. The number of hydrogen-bond acceptors (Lipinski definition) is 5. The first-order valence-corrected chi connectivity index (χ1v) is 9.54. The fourth-order valence-corrected chi connectivity index (χ4v) is 2.80. The number of nitrogens with zero attached hydrogens (tertiary/aromatic N) is 2. The van der Waals surface area contributed by atoms with Crippen molar-refractivity contribution in [1.82, 2.24) is 15.3 Å². The second kappa shape index (κ2) is 9.01. The molecule has 0 spiro atoms. The molecule has 1 aliphatic carbocycles. The second-order valence-corrected chi connectivity index (χ2v) is 7.11. The Kier molecular flexibility index (Phi) is 6.47. The lowest BCUT2D eigenvalue weighted by Crippen LogP contribution is -2.22. The number of aryl methyl sites for hydroxylation is 1. The highest BCUT2D eigenvalue weighted by atomic mass is 35.5. The van der Waals surface area contributed by atoms with Gasteiger partial charge in [-0.2, -0.15) is 4.98 Å². The van der Waals surface area contributed by atoms with E-state index in [2.05, 4.69) is 31.2 Å². The molecule has 7 nitrogen and oxygen atoms in total. The van der Waals surface area contributed by atoms with Gasteiger partial charge in [-0.1, -0.05) is 17.7 Å². The molecule has 1 saturated carbocycles. The quantitative estimate of drug-likeness (QED) is 0.513. The summed E-state index contributed by atoms with van der Waals surface area (Å²) in [6.45, 7) is 3.64. The van der Waals surface area contributed by atoms with Crippen molar-refractivity contribution in [2.45, 2.75) is 32.1 Å². The Labute approximate surface area is 164 Å². The molecule has 1 aromatic heterocycles. The molecule has 2 aromatic rings. The van der Waals surface area contributed by atoms with Crippen molar-refractivity contribution in [2.24, 2.45) is 0 Å². The van der Waals surface area contributed by atoms with Crippen molar-refractivity contribution in [3.05, 3.63) is 40.5 Å². The summed E-state index contributed by atoms with van der Waals surface area (Å²) in [4.78, 5) is 21.2. The maximum Gasteiger partial charge on any atom is 0.326 e. The summed E-state index contributed by atoms with van der Waals surface area (Å²) in [5, 5.41) is 12.5. The minimum Gasteiger partial charge on any atom is -0.370 e. The zero-order chi connectivity index (χ0) is 19.2. The average molecular weight is 389 g/mol. The molecule has 4 N–H and O–H groups in total. The monoisotopic (exact) mass is 388 g/mol. The van der Waals surface area contributed by atoms with Crippen LogP contribution in [-0.4, -0.2) is 36.1 Å². The van der Waals surface area contributed by atoms with Crippen LogP contribution >= 0.6 is 11.6 Å². The highest BCUT2D eigenvalue weighted by Crippen LogP contribution is 2.39. The van der Waals surface area contributed by atoms with Gasteiger partial charge < -0.3 is 16.0 Å². The lowest BCUT2D eigenvalue weighted by atomic mass is 10.2. The van der Waals surface area contributed by atoms with Crippen molar-refractivity contribution in [1.29, 1.82) is 0 Å². The van der Waals surface area contributed by atoms with E-state index in [9.17, 15) is 4.79 Å². The number of carbonyl (C=O) groups excluding carboxylic acids is 1. The minimum absolute atomic E-state index is 0.297. The summed E-state index contributed by atoms with van der Waals surface area (Å²) in [6, 6.07) is 6.95. The zero-order valence-electron chi connectivity index (χ0n) is 15.6. The maximum absolute atomic E-state index is 12.3. The van der Waals surface area contributed by atoms with Crippen LogP contribution in [0.1, 0.15) is 36.4 Å². The molecule has 1 aromatic carbocycles. The van der Waals surface area contributed by atoms with Gasteiger partial charge in [0.1, 0.15) is 5.82 Å². The Morgan fingerprint density at radius 3 is 2.70 bits per heavy atom. The van der Waals surface area contributed by atoms with Crippen LogP contribution in [0.2, 0.25) is 5.02 Å². The molecule has 144 valence electrons. The Hall–Kier alpha value is -2.38. The van der Waals surface area contributed by atoms with Crippen LogP contribution in [0.25, 0.3) is 0 Å². The molecule has 0 saturated heterocycles. The summed E-state index contributed by atoms with van der Waals surface area (Å²) in [5.74, 6) is 1.49. The van der Waals surface area contributed by atoms with Gasteiger partial charge in [-0.3, -0.25) is 5.32 Å². The molecule has 8 heteroatoms. The molecule has 3 rings (SSSR count). The summed E-state index contributed by atoms with van der Waals surface area (Å²) < 4.78 is 0. The number of rotatable bonds is 8. The van der Waals surface area contributed by atoms with E-state index >= 15 is 0 Å². The number of carbonyl (C=O) groups is 1. The van der Waals surface area contributed by atoms with Crippen molar-refractivity contribution in [3.63, 3.8) is 0 Å². The van der Waals surface area contributed by atoms with E-state index in [0.717, 1.165) is 49.4 Å². The highest BCUT2D eigenvalue weighted by Gasteiger charge is 2.26. The van der Waals surface area contributed by atoms with Gasteiger partial charge in [-0.15, -0.1) is 0 Å². The van der Waals surface area contributed by atoms with E-state index in [0.29, 0.717) is 22.6 Å². The van der Waals surface area contributed by atoms with Crippen molar-refractivity contribution in [2.75, 3.05) is 36.1 Å². The standard InChI is InChI=1S/C19H25ClN6O/c1-12-4-7-14(10-15(12)20)23-19(27)26-18-24-16(13-5-6-13)11-17(25-18)22-9-3-8-21-2/h4,7,10-11,13,21H,3,5-6,8-9H2,1-2H3,(H3,22,23,24,25,26,27). The number of hydrogen-bond donors (Lipinski definition) is 4. The van der Waals surface area contributed by atoms with E-state index in [1.807, 2.05) is 26.1 Å². The maximum atomic E-state index is 12.3. The van der Waals surface area contributed by atoms with Crippen LogP contribution in [0.4, 0.5) is 22.2 Å². The van der Waals surface area contributed by atoms with Crippen LogP contribution in [0.3, 0.4) is 0 Å². The number of nitrogens with one attached hydrogen (secondary N) is 4. The highest BCUT2D eigenvalue weighted by molar-refractivity contribution is 6.31. The Balaban J connectivity index is 1.66. The Bertz CT molecular complexity index is 809. The largest absolute Gasteiger partial charge is 0.370 e. The van der Waals surface area contributed by atoms with E-state index in [4.69, 9.17) is 11.6 Å². The van der Waals surface area contributed by atoms with E-state index in [-0.39, 0.29) is 0 Å². The molecule has 0 unspecified atom stereocenters. The minimum atomic E-state index is -0.399. The smallest absolute Gasteiger partial charge is 0.326 e. The van der Waals surface area contributed by atoms with Crippen molar-refractivity contribution < 1.29 is 4.79 Å². The molecule has 1 aliphatic rings. The van der Waals surface area contributed by atoms with Crippen LogP contribution in [-0.2, 0) is 0 Å². The van der Waals surface area contributed by atoms with Gasteiger partial charge in [0.15, 0.2) is 0 Å². The molecule has 0 radical (unpaired) electrons. The van der Waals surface area contributed by atoms with Crippen molar-refractivity contribution in [3.8, 4) is 0 Å². The fraction of sp³-hybridized carbons (Fsp3) is 0.421. The van der Waals surface area contributed by atoms with E-state index in [1.165, 1.54) is 0 Å². The summed E-state index contributed by atoms with van der Waals surface area (Å²) >= 11 is 6.10. The lowest BCUT2D eigenvalue weighted by Gasteiger charge is -2.11. The van der Waals surface area contributed by atoms with Gasteiger partial charge in [0, 0.05) is 29.2 Å². The van der Waals surface area contributed by atoms with Crippen LogP contribution < -0.4 is 21.3 Å². The molecular weight excluding hydrogens is 364 g/mol. The van der Waals surface area contributed by atoms with Gasteiger partial charge in [0.05, 0.1) is 5.69 Å². The molecule has 2 amide bonds. The fourth-order valence-electron chi connectivity index (χ4n) is 2.62. The van der Waals surface area contributed by atoms with E-state index < -0.39 is 6.03 Å². The SMILES string of the molecule is CNCCCNc1cc(C2CC2)nc(NC(=O)Nc2ccc(C)c(Cl)c2)n1. The van der Waals surface area contributed by atoms with Crippen LogP contribution in [0, 0.1) is 6.92 Å². The van der Waals surface area contributed by atoms with Gasteiger partial charge in [-0.05, 0) is 57.5 Å². The number of aromatic nitrogens is 2. The summed E-state index contributed by atoms with van der Waals surface area (Å²) in [5.41, 5.74) is 2.54. The molecule has 27 heavy (non-hydrogen) atoms. The predicted molar refractivity (Wildman–Crippen MR) is 110 cm³/mol. The normalized spacial score (nSPS) is 13.3. The van der Waals surface area contributed by atoms with Gasteiger partial charge in [-0.25, -0.2) is 9.78 Å². The molecule has 1 heterocycles. The summed E-state index contributed by atoms with van der Waals surface area (Å²) in [6.07, 6.45) is 3.24. The average Bonchev–Trinajstić information content (AvgIpc) is 3.47.